The van der Waals surface area contributed by atoms with E-state index in [2.05, 4.69) is 5.32 Å². The van der Waals surface area contributed by atoms with E-state index in [0.29, 0.717) is 11.4 Å². The lowest BCUT2D eigenvalue weighted by Gasteiger charge is -2.24. The van der Waals surface area contributed by atoms with Crippen molar-refractivity contribution in [3.8, 4) is 0 Å². The Bertz CT molecular complexity index is 504. The van der Waals surface area contributed by atoms with Crippen molar-refractivity contribution in [3.63, 3.8) is 0 Å². The Labute approximate surface area is 124 Å². The number of hydrogen-bond donors (Lipinski definition) is 2. The molecular weight excluding hydrogens is 273 g/mol. The number of hydrogen-bond acceptors (Lipinski definition) is 3. The van der Waals surface area contributed by atoms with E-state index in [4.69, 9.17) is 5.11 Å². The molecule has 1 fully saturated rings. The molecule has 2 N–H and O–H groups in total. The van der Waals surface area contributed by atoms with Crippen LogP contribution in [-0.4, -0.2) is 48.8 Å². The van der Waals surface area contributed by atoms with E-state index in [1.807, 2.05) is 4.90 Å². The largest absolute Gasteiger partial charge is 0.394 e. The molecular formula is C15H22FN3O2. The van der Waals surface area contributed by atoms with Gasteiger partial charge in [-0.25, -0.2) is 9.18 Å². The van der Waals surface area contributed by atoms with E-state index >= 15 is 0 Å². The number of urea groups is 1. The number of benzene rings is 1. The third-order valence-electron chi connectivity index (χ3n) is 3.89. The predicted octanol–water partition coefficient (Wildman–Crippen LogP) is 2.27. The Hall–Kier alpha value is -1.82. The molecule has 1 aliphatic rings. The van der Waals surface area contributed by atoms with Crippen molar-refractivity contribution in [3.05, 3.63) is 24.0 Å². The van der Waals surface area contributed by atoms with Gasteiger partial charge in [-0.05, 0) is 38.0 Å². The molecule has 116 valence electrons. The van der Waals surface area contributed by atoms with Gasteiger partial charge in [0.1, 0.15) is 5.82 Å². The minimum atomic E-state index is -0.370. The molecule has 0 radical (unpaired) electrons. The molecule has 1 heterocycles. The average Bonchev–Trinajstić information content (AvgIpc) is 2.99. The summed E-state index contributed by atoms with van der Waals surface area (Å²) < 4.78 is 14.1. The van der Waals surface area contributed by atoms with Crippen LogP contribution >= 0.6 is 0 Å². The maximum Gasteiger partial charge on any atom is 0.321 e. The molecule has 0 spiro atoms. The summed E-state index contributed by atoms with van der Waals surface area (Å²) >= 11 is 0. The van der Waals surface area contributed by atoms with Crippen LogP contribution in [0.15, 0.2) is 18.2 Å². The Balaban J connectivity index is 2.04. The highest BCUT2D eigenvalue weighted by Gasteiger charge is 2.18. The minimum absolute atomic E-state index is 0.119. The monoisotopic (exact) mass is 295 g/mol. The molecule has 2 amide bonds. The van der Waals surface area contributed by atoms with Crippen LogP contribution in [0.5, 0.6) is 0 Å². The summed E-state index contributed by atoms with van der Waals surface area (Å²) in [5, 5.41) is 11.7. The lowest BCUT2D eigenvalue weighted by molar-refractivity contribution is 0.166. The summed E-state index contributed by atoms with van der Waals surface area (Å²) in [6.07, 6.45) is 2.17. The number of anilines is 2. The fourth-order valence-corrected chi connectivity index (χ4v) is 2.33. The summed E-state index contributed by atoms with van der Waals surface area (Å²) in [5.74, 6) is -0.326. The quantitative estimate of drug-likeness (QED) is 0.896. The van der Waals surface area contributed by atoms with Crippen molar-refractivity contribution in [2.45, 2.75) is 25.8 Å². The second kappa shape index (κ2) is 6.76. The van der Waals surface area contributed by atoms with Gasteiger partial charge in [0.2, 0.25) is 0 Å². The maximum atomic E-state index is 14.1. The molecule has 2 rings (SSSR count). The van der Waals surface area contributed by atoms with Gasteiger partial charge in [0.15, 0.2) is 0 Å². The molecule has 6 heteroatoms. The van der Waals surface area contributed by atoms with Crippen molar-refractivity contribution < 1.29 is 14.3 Å². The topological polar surface area (TPSA) is 55.8 Å². The molecule has 1 aromatic carbocycles. The van der Waals surface area contributed by atoms with E-state index < -0.39 is 0 Å². The molecule has 1 atom stereocenters. The van der Waals surface area contributed by atoms with E-state index in [1.165, 1.54) is 11.0 Å². The van der Waals surface area contributed by atoms with Crippen LogP contribution in [0.25, 0.3) is 0 Å². The molecule has 21 heavy (non-hydrogen) atoms. The Kier molecular flexibility index (Phi) is 5.01. The number of carbonyl (C=O) groups excluding carboxylic acids is 1. The molecule has 5 nitrogen and oxygen atoms in total. The maximum absolute atomic E-state index is 14.1. The minimum Gasteiger partial charge on any atom is -0.394 e. The summed E-state index contributed by atoms with van der Waals surface area (Å²) in [4.78, 5) is 15.3. The third kappa shape index (κ3) is 3.64. The lowest BCUT2D eigenvalue weighted by Crippen LogP contribution is -2.40. The molecule has 1 aromatic rings. The van der Waals surface area contributed by atoms with Crippen LogP contribution in [0.2, 0.25) is 0 Å². The van der Waals surface area contributed by atoms with E-state index in [0.717, 1.165) is 25.9 Å². The first-order chi connectivity index (χ1) is 10.0. The molecule has 0 aliphatic carbocycles. The highest BCUT2D eigenvalue weighted by atomic mass is 19.1. The van der Waals surface area contributed by atoms with E-state index in [-0.39, 0.29) is 24.5 Å². The van der Waals surface area contributed by atoms with Crippen molar-refractivity contribution in [1.82, 2.24) is 4.90 Å². The molecule has 0 bridgehead atoms. The molecule has 1 aliphatic heterocycles. The second-order valence-electron chi connectivity index (χ2n) is 5.43. The van der Waals surface area contributed by atoms with Gasteiger partial charge in [0.25, 0.3) is 0 Å². The number of aliphatic hydroxyl groups is 1. The van der Waals surface area contributed by atoms with Gasteiger partial charge >= 0.3 is 6.03 Å². The van der Waals surface area contributed by atoms with Gasteiger partial charge in [-0.2, -0.15) is 0 Å². The number of rotatable bonds is 4. The van der Waals surface area contributed by atoms with Crippen LogP contribution in [0.4, 0.5) is 20.6 Å². The molecule has 0 unspecified atom stereocenters. The van der Waals surface area contributed by atoms with Crippen molar-refractivity contribution in [2.75, 3.05) is 37.0 Å². The van der Waals surface area contributed by atoms with Crippen molar-refractivity contribution in [2.24, 2.45) is 0 Å². The van der Waals surface area contributed by atoms with Gasteiger partial charge in [-0.1, -0.05) is 0 Å². The fraction of sp³-hybridized carbons (Fsp3) is 0.533. The summed E-state index contributed by atoms with van der Waals surface area (Å²) in [6, 6.07) is 4.07. The Morgan fingerprint density at radius 2 is 2.14 bits per heavy atom. The number of aliphatic hydroxyl groups excluding tert-OH is 1. The molecule has 1 saturated heterocycles. The van der Waals surface area contributed by atoms with Crippen molar-refractivity contribution in [1.29, 1.82) is 0 Å². The highest BCUT2D eigenvalue weighted by Crippen LogP contribution is 2.26. The zero-order valence-corrected chi connectivity index (χ0v) is 12.5. The standard InChI is InChI=1S/C15H22FN3O2/c1-11(10-20)18(2)15(21)17-12-5-6-14(13(16)9-12)19-7-3-4-8-19/h5-6,9,11,20H,3-4,7-8,10H2,1-2H3,(H,17,21)/t11-/m1/s1. The lowest BCUT2D eigenvalue weighted by atomic mass is 10.2. The number of likely N-dealkylation sites (N-methyl/N-ethyl adjacent to an activating group) is 1. The SMILES string of the molecule is C[C@H](CO)N(C)C(=O)Nc1ccc(N2CCCC2)c(F)c1. The number of halogens is 1. The van der Waals surface area contributed by atoms with Gasteiger partial charge < -0.3 is 20.2 Å². The first-order valence-electron chi connectivity index (χ1n) is 7.22. The smallest absolute Gasteiger partial charge is 0.321 e. The van der Waals surface area contributed by atoms with Crippen LogP contribution in [0, 0.1) is 5.82 Å². The Morgan fingerprint density at radius 1 is 1.48 bits per heavy atom. The fourth-order valence-electron chi connectivity index (χ4n) is 2.33. The zero-order valence-electron chi connectivity index (χ0n) is 12.5. The highest BCUT2D eigenvalue weighted by molar-refractivity contribution is 5.89. The van der Waals surface area contributed by atoms with Gasteiger partial charge in [-0.3, -0.25) is 0 Å². The van der Waals surface area contributed by atoms with Crippen LogP contribution in [0.1, 0.15) is 19.8 Å². The summed E-state index contributed by atoms with van der Waals surface area (Å²) in [5.41, 5.74) is 1.00. The first kappa shape index (κ1) is 15.6. The third-order valence-corrected chi connectivity index (χ3v) is 3.89. The number of amides is 2. The predicted molar refractivity (Wildman–Crippen MR) is 81.2 cm³/mol. The van der Waals surface area contributed by atoms with Crippen LogP contribution < -0.4 is 10.2 Å². The summed E-state index contributed by atoms with van der Waals surface area (Å²) in [6.45, 7) is 3.36. The Morgan fingerprint density at radius 3 is 2.71 bits per heavy atom. The number of carbonyl (C=O) groups is 1. The normalized spacial score (nSPS) is 15.9. The van der Waals surface area contributed by atoms with Crippen LogP contribution in [0.3, 0.4) is 0 Å². The van der Waals surface area contributed by atoms with Gasteiger partial charge in [0.05, 0.1) is 18.3 Å². The van der Waals surface area contributed by atoms with E-state index in [1.54, 1.807) is 26.1 Å². The van der Waals surface area contributed by atoms with Crippen molar-refractivity contribution >= 4 is 17.4 Å². The zero-order chi connectivity index (χ0) is 15.4. The van der Waals surface area contributed by atoms with Crippen LogP contribution in [-0.2, 0) is 0 Å². The second-order valence-corrected chi connectivity index (χ2v) is 5.43. The molecule has 0 aromatic heterocycles. The summed E-state index contributed by atoms with van der Waals surface area (Å²) in [7, 11) is 1.59. The molecule has 0 saturated carbocycles. The average molecular weight is 295 g/mol. The number of nitrogens with one attached hydrogen (secondary N) is 1. The van der Waals surface area contributed by atoms with E-state index in [9.17, 15) is 9.18 Å². The van der Waals surface area contributed by atoms with Gasteiger partial charge in [-0.15, -0.1) is 0 Å². The first-order valence-corrected chi connectivity index (χ1v) is 7.22. The number of nitrogens with zero attached hydrogens (tertiary/aromatic N) is 2. The van der Waals surface area contributed by atoms with Gasteiger partial charge in [0, 0.05) is 25.8 Å².